The third-order valence-electron chi connectivity index (χ3n) is 4.08. The summed E-state index contributed by atoms with van der Waals surface area (Å²) in [5, 5.41) is 3.33. The lowest BCUT2D eigenvalue weighted by molar-refractivity contribution is 0.0684. The highest BCUT2D eigenvalue weighted by molar-refractivity contribution is 14.1. The maximum atomic E-state index is 12.5. The Hall–Kier alpha value is -0.620. The van der Waals surface area contributed by atoms with Crippen molar-refractivity contribution in [1.29, 1.82) is 0 Å². The number of carbonyl (C=O) groups excluding carboxylic acids is 1. The van der Waals surface area contributed by atoms with Gasteiger partial charge in [0.1, 0.15) is 0 Å². The number of halogens is 1. The Balaban J connectivity index is 2.02. The van der Waals surface area contributed by atoms with Crippen LogP contribution in [0, 0.1) is 3.57 Å². The summed E-state index contributed by atoms with van der Waals surface area (Å²) >= 11 is 2.23. The summed E-state index contributed by atoms with van der Waals surface area (Å²) in [6.07, 6.45) is 4.50. The van der Waals surface area contributed by atoms with E-state index in [1.807, 2.05) is 43.3 Å². The van der Waals surface area contributed by atoms with E-state index < -0.39 is 0 Å². The highest BCUT2D eigenvalue weighted by atomic mass is 127. The molecule has 3 nitrogen and oxygen atoms in total. The summed E-state index contributed by atoms with van der Waals surface area (Å²) in [5.41, 5.74) is 0.821. The lowest BCUT2D eigenvalue weighted by atomic mass is 9.90. The van der Waals surface area contributed by atoms with Gasteiger partial charge in [-0.1, -0.05) is 12.1 Å². The van der Waals surface area contributed by atoms with E-state index in [1.54, 1.807) is 0 Å². The third-order valence-corrected chi connectivity index (χ3v) is 5.02. The second kappa shape index (κ2) is 6.70. The highest BCUT2D eigenvalue weighted by Crippen LogP contribution is 2.24. The van der Waals surface area contributed by atoms with Crippen LogP contribution in [0.1, 0.15) is 36.0 Å². The summed E-state index contributed by atoms with van der Waals surface area (Å²) in [4.78, 5) is 14.5. The predicted octanol–water partition coefficient (Wildman–Crippen LogP) is 2.89. The van der Waals surface area contributed by atoms with E-state index in [9.17, 15) is 4.79 Å². The van der Waals surface area contributed by atoms with E-state index in [-0.39, 0.29) is 5.91 Å². The van der Waals surface area contributed by atoms with Crippen LogP contribution < -0.4 is 5.32 Å². The van der Waals surface area contributed by atoms with Gasteiger partial charge in [-0.15, -0.1) is 0 Å². The highest BCUT2D eigenvalue weighted by Gasteiger charge is 2.26. The molecular weight excluding hydrogens is 351 g/mol. The second-order valence-corrected chi connectivity index (χ2v) is 6.35. The van der Waals surface area contributed by atoms with Gasteiger partial charge in [-0.3, -0.25) is 4.79 Å². The van der Waals surface area contributed by atoms with Gasteiger partial charge in [0, 0.05) is 22.7 Å². The monoisotopic (exact) mass is 372 g/mol. The number of nitrogens with one attached hydrogen (secondary N) is 1. The van der Waals surface area contributed by atoms with Crippen LogP contribution in [0.15, 0.2) is 24.3 Å². The molecule has 1 aromatic carbocycles. The maximum absolute atomic E-state index is 12.5. The van der Waals surface area contributed by atoms with E-state index in [4.69, 9.17) is 0 Å². The fourth-order valence-corrected chi connectivity index (χ4v) is 3.36. The molecule has 104 valence electrons. The molecule has 1 aliphatic rings. The lowest BCUT2D eigenvalue weighted by Gasteiger charge is -2.34. The fraction of sp³-hybridized carbons (Fsp3) is 0.533. The number of rotatable bonds is 3. The molecule has 0 radical (unpaired) electrons. The van der Waals surface area contributed by atoms with Gasteiger partial charge in [-0.05, 0) is 67.5 Å². The minimum Gasteiger partial charge on any atom is -0.339 e. The molecule has 0 spiro atoms. The molecule has 1 fully saturated rings. The molecule has 1 amide bonds. The first-order chi connectivity index (χ1) is 9.13. The Morgan fingerprint density at radius 2 is 1.89 bits per heavy atom. The molecule has 1 aromatic rings. The number of nitrogens with zero attached hydrogens (tertiary/aromatic N) is 1. The van der Waals surface area contributed by atoms with E-state index in [0.29, 0.717) is 12.1 Å². The van der Waals surface area contributed by atoms with Crippen LogP contribution in [0.5, 0.6) is 0 Å². The molecule has 4 heteroatoms. The molecular formula is C15H21IN2O. The molecule has 1 aliphatic carbocycles. The Kier molecular flexibility index (Phi) is 5.21. The van der Waals surface area contributed by atoms with Crippen molar-refractivity contribution < 1.29 is 4.79 Å². The molecule has 1 saturated carbocycles. The van der Waals surface area contributed by atoms with Gasteiger partial charge in [-0.2, -0.15) is 0 Å². The molecule has 0 heterocycles. The molecule has 0 unspecified atom stereocenters. The van der Waals surface area contributed by atoms with Gasteiger partial charge in [-0.25, -0.2) is 0 Å². The van der Waals surface area contributed by atoms with Crippen molar-refractivity contribution in [3.05, 3.63) is 33.4 Å². The van der Waals surface area contributed by atoms with Crippen LogP contribution in [0.2, 0.25) is 0 Å². The topological polar surface area (TPSA) is 32.3 Å². The minimum atomic E-state index is 0.151. The average Bonchev–Trinajstić information content (AvgIpc) is 2.46. The van der Waals surface area contributed by atoms with Crippen molar-refractivity contribution >= 4 is 28.5 Å². The smallest absolute Gasteiger partial charge is 0.254 e. The summed E-state index contributed by atoms with van der Waals surface area (Å²) in [6, 6.07) is 8.81. The maximum Gasteiger partial charge on any atom is 0.254 e. The molecule has 0 atom stereocenters. The van der Waals surface area contributed by atoms with Gasteiger partial charge in [0.2, 0.25) is 0 Å². The van der Waals surface area contributed by atoms with Gasteiger partial charge in [0.25, 0.3) is 5.91 Å². The van der Waals surface area contributed by atoms with Gasteiger partial charge < -0.3 is 10.2 Å². The lowest BCUT2D eigenvalue weighted by Crippen LogP contribution is -2.42. The summed E-state index contributed by atoms with van der Waals surface area (Å²) < 4.78 is 1.03. The van der Waals surface area contributed by atoms with Gasteiger partial charge in [0.05, 0.1) is 5.56 Å². The molecule has 1 N–H and O–H groups in total. The quantitative estimate of drug-likeness (QED) is 0.828. The first-order valence-electron chi connectivity index (χ1n) is 6.82. The van der Waals surface area contributed by atoms with E-state index >= 15 is 0 Å². The van der Waals surface area contributed by atoms with Crippen LogP contribution in [0.4, 0.5) is 0 Å². The predicted molar refractivity (Wildman–Crippen MR) is 86.4 cm³/mol. The number of hydrogen-bond donors (Lipinski definition) is 1. The van der Waals surface area contributed by atoms with Crippen LogP contribution in [0.3, 0.4) is 0 Å². The van der Waals surface area contributed by atoms with Crippen molar-refractivity contribution in [3.8, 4) is 0 Å². The Morgan fingerprint density at radius 1 is 1.26 bits per heavy atom. The van der Waals surface area contributed by atoms with E-state index in [0.717, 1.165) is 34.8 Å². The summed E-state index contributed by atoms with van der Waals surface area (Å²) in [6.45, 7) is 0. The molecule has 0 bridgehead atoms. The second-order valence-electron chi connectivity index (χ2n) is 5.19. The molecule has 0 aromatic heterocycles. The Bertz CT molecular complexity index is 442. The van der Waals surface area contributed by atoms with Crippen LogP contribution >= 0.6 is 22.6 Å². The molecule has 0 aliphatic heterocycles. The number of carbonyl (C=O) groups is 1. The first-order valence-corrected chi connectivity index (χ1v) is 7.90. The zero-order valence-corrected chi connectivity index (χ0v) is 13.7. The Labute approximate surface area is 128 Å². The van der Waals surface area contributed by atoms with Crippen molar-refractivity contribution in [3.63, 3.8) is 0 Å². The standard InChI is InChI=1S/C15H21IN2O/c1-17-11-7-9-12(10-8-11)18(2)15(19)13-5-3-4-6-14(13)16/h3-6,11-12,17H,7-10H2,1-2H3. The van der Waals surface area contributed by atoms with E-state index in [1.165, 1.54) is 0 Å². The molecule has 2 rings (SSSR count). The number of amides is 1. The first kappa shape index (κ1) is 14.8. The zero-order valence-electron chi connectivity index (χ0n) is 11.5. The summed E-state index contributed by atoms with van der Waals surface area (Å²) in [5.74, 6) is 0.151. The normalized spacial score (nSPS) is 23.1. The largest absolute Gasteiger partial charge is 0.339 e. The Morgan fingerprint density at radius 3 is 2.47 bits per heavy atom. The summed E-state index contributed by atoms with van der Waals surface area (Å²) in [7, 11) is 3.96. The number of benzene rings is 1. The van der Waals surface area contributed by atoms with Crippen molar-refractivity contribution in [2.24, 2.45) is 0 Å². The zero-order chi connectivity index (χ0) is 13.8. The van der Waals surface area contributed by atoms with Crippen molar-refractivity contribution in [2.75, 3.05) is 14.1 Å². The van der Waals surface area contributed by atoms with Crippen molar-refractivity contribution in [2.45, 2.75) is 37.8 Å². The minimum absolute atomic E-state index is 0.151. The van der Waals surface area contributed by atoms with E-state index in [2.05, 4.69) is 27.9 Å². The average molecular weight is 372 g/mol. The van der Waals surface area contributed by atoms with Crippen molar-refractivity contribution in [1.82, 2.24) is 10.2 Å². The molecule has 0 saturated heterocycles. The third kappa shape index (κ3) is 3.48. The van der Waals surface area contributed by atoms with Crippen LogP contribution in [-0.4, -0.2) is 37.0 Å². The van der Waals surface area contributed by atoms with Crippen LogP contribution in [0.25, 0.3) is 0 Å². The molecule has 19 heavy (non-hydrogen) atoms. The van der Waals surface area contributed by atoms with Gasteiger partial charge >= 0.3 is 0 Å². The van der Waals surface area contributed by atoms with Gasteiger partial charge in [0.15, 0.2) is 0 Å². The number of hydrogen-bond acceptors (Lipinski definition) is 2. The fourth-order valence-electron chi connectivity index (χ4n) is 2.74. The SMILES string of the molecule is CNC1CCC(N(C)C(=O)c2ccccc2I)CC1. The van der Waals surface area contributed by atoms with Crippen LogP contribution in [-0.2, 0) is 0 Å².